The van der Waals surface area contributed by atoms with Gasteiger partial charge in [0.15, 0.2) is 7.27 Å². The quantitative estimate of drug-likeness (QED) is 0.544. The van der Waals surface area contributed by atoms with Crippen molar-refractivity contribution in [1.29, 1.82) is 0 Å². The number of amides is 2. The second kappa shape index (κ2) is 6.58. The zero-order chi connectivity index (χ0) is 21.5. The van der Waals surface area contributed by atoms with Crippen molar-refractivity contribution in [2.75, 3.05) is 4.90 Å². The highest BCUT2D eigenvalue weighted by Crippen LogP contribution is 2.64. The van der Waals surface area contributed by atoms with Crippen LogP contribution in [0.25, 0.3) is 0 Å². The summed E-state index contributed by atoms with van der Waals surface area (Å²) in [6.45, 7) is 15.5. The van der Waals surface area contributed by atoms with Gasteiger partial charge in [-0.3, -0.25) is 4.90 Å². The smallest absolute Gasteiger partial charge is 0.313 e. The van der Waals surface area contributed by atoms with Gasteiger partial charge in [0, 0.05) is 5.69 Å². The zero-order valence-electron chi connectivity index (χ0n) is 19.8. The average molecular weight is 457 g/mol. The maximum Gasteiger partial charge on any atom is 0.313 e. The van der Waals surface area contributed by atoms with Crippen LogP contribution in [0, 0.1) is 23.2 Å². The molecule has 1 N–H and O–H groups in total. The molecule has 1 aliphatic heterocycles. The van der Waals surface area contributed by atoms with E-state index in [9.17, 15) is 4.79 Å². The van der Waals surface area contributed by atoms with E-state index in [0.717, 1.165) is 23.4 Å². The molecule has 4 aliphatic carbocycles. The first-order valence-electron chi connectivity index (χ1n) is 12.1. The number of anilines is 1. The van der Waals surface area contributed by atoms with Crippen LogP contribution in [0.4, 0.5) is 10.5 Å². The molecular weight excluding hydrogens is 417 g/mol. The highest BCUT2D eigenvalue weighted by Gasteiger charge is 2.73. The van der Waals surface area contributed by atoms with Crippen molar-refractivity contribution in [3.8, 4) is 0 Å². The third-order valence-corrected chi connectivity index (χ3v) is 46.4. The molecule has 1 aromatic rings. The van der Waals surface area contributed by atoms with E-state index in [1.54, 1.807) is 0 Å². The lowest BCUT2D eigenvalue weighted by atomic mass is 9.49. The van der Waals surface area contributed by atoms with Gasteiger partial charge in [-0.2, -0.15) is 0 Å². The van der Waals surface area contributed by atoms with E-state index in [0.29, 0.717) is 11.1 Å². The van der Waals surface area contributed by atoms with Crippen molar-refractivity contribution >= 4 is 34.2 Å². The Kier molecular flexibility index (Phi) is 4.61. The standard InChI is InChI=1S/C24H40N2OSi3/c1-28(2,3)30(29(4,5)6)22(26(23(27)25-30)21-10-8-7-9-11-21)24-15-18-12-19(16-24)14-20(13-18)17-24/h7-11,18-20,22H,12-17H2,1-6H3,(H,25,27). The summed E-state index contributed by atoms with van der Waals surface area (Å²) in [5.74, 6) is 2.75. The Bertz CT molecular complexity index is 793. The molecule has 3 nitrogen and oxygen atoms in total. The predicted octanol–water partition coefficient (Wildman–Crippen LogP) is 6.12. The molecule has 4 bridgehead atoms. The lowest BCUT2D eigenvalue weighted by Gasteiger charge is -2.64. The van der Waals surface area contributed by atoms with E-state index >= 15 is 0 Å². The van der Waals surface area contributed by atoms with Gasteiger partial charge < -0.3 is 4.98 Å². The van der Waals surface area contributed by atoms with Gasteiger partial charge in [0.25, 0.3) is 0 Å². The van der Waals surface area contributed by atoms with Crippen molar-refractivity contribution in [1.82, 2.24) is 4.98 Å². The second-order valence-corrected chi connectivity index (χ2v) is 39.8. The van der Waals surface area contributed by atoms with Crippen LogP contribution in [-0.2, 0) is 0 Å². The SMILES string of the molecule is C[Si](C)(C)[Si]1([Si](C)(C)C)NC(=O)N(c2ccccc2)C1C12CC3CC(CC(C3)C1)C2. The molecule has 5 fully saturated rings. The topological polar surface area (TPSA) is 32.3 Å². The number of carbonyl (C=O) groups is 1. The molecule has 30 heavy (non-hydrogen) atoms. The molecule has 1 heterocycles. The number of carbonyl (C=O) groups excluding carboxylic acids is 1. The van der Waals surface area contributed by atoms with Crippen LogP contribution in [0.15, 0.2) is 30.3 Å². The van der Waals surface area contributed by atoms with Crippen LogP contribution < -0.4 is 9.88 Å². The zero-order valence-corrected chi connectivity index (χ0v) is 22.8. The summed E-state index contributed by atoms with van der Waals surface area (Å²) >= 11 is 0. The molecule has 164 valence electrons. The Morgan fingerprint density at radius 2 is 1.33 bits per heavy atom. The third-order valence-electron chi connectivity index (χ3n) is 9.26. The van der Waals surface area contributed by atoms with Crippen LogP contribution in [0.1, 0.15) is 38.5 Å². The number of urea groups is 1. The molecule has 1 atom stereocenters. The van der Waals surface area contributed by atoms with Crippen LogP contribution >= 0.6 is 0 Å². The Morgan fingerprint density at radius 1 is 0.867 bits per heavy atom. The van der Waals surface area contributed by atoms with E-state index in [1.807, 2.05) is 0 Å². The number of rotatable bonds is 4. The number of hydrogen-bond acceptors (Lipinski definition) is 1. The highest BCUT2D eigenvalue weighted by atomic mass is 29.6. The first-order valence-corrected chi connectivity index (χ1v) is 23.2. The Balaban J connectivity index is 1.73. The Hall–Kier alpha value is -0.859. The lowest BCUT2D eigenvalue weighted by Crippen LogP contribution is -2.85. The van der Waals surface area contributed by atoms with E-state index in [-0.39, 0.29) is 6.03 Å². The summed E-state index contributed by atoms with van der Waals surface area (Å²) in [6.07, 6.45) is 8.54. The summed E-state index contributed by atoms with van der Waals surface area (Å²) in [5.41, 5.74) is 1.95. The van der Waals surface area contributed by atoms with Gasteiger partial charge in [-0.05, 0) is 73.8 Å². The molecule has 0 spiro atoms. The lowest BCUT2D eigenvalue weighted by molar-refractivity contribution is -0.0543. The number of hydrogen-bond donors (Lipinski definition) is 1. The fourth-order valence-corrected chi connectivity index (χ4v) is 53.6. The van der Waals surface area contributed by atoms with E-state index in [4.69, 9.17) is 0 Å². The van der Waals surface area contributed by atoms with Gasteiger partial charge in [0.2, 0.25) is 0 Å². The number of para-hydroxylation sites is 1. The molecule has 1 unspecified atom stereocenters. The summed E-state index contributed by atoms with van der Waals surface area (Å²) in [4.78, 5) is 20.1. The van der Waals surface area contributed by atoms with Gasteiger partial charge in [0.05, 0.1) is 20.8 Å². The van der Waals surface area contributed by atoms with Gasteiger partial charge in [-0.15, -0.1) is 0 Å². The summed E-state index contributed by atoms with van der Waals surface area (Å²) in [7, 11) is -5.28. The van der Waals surface area contributed by atoms with E-state index in [1.165, 1.54) is 38.5 Å². The average Bonchev–Trinajstić information content (AvgIpc) is 2.96. The van der Waals surface area contributed by atoms with Crippen LogP contribution in [0.3, 0.4) is 0 Å². The molecule has 0 radical (unpaired) electrons. The first kappa shape index (κ1) is 21.0. The van der Waals surface area contributed by atoms with Crippen molar-refractivity contribution < 1.29 is 4.79 Å². The minimum atomic E-state index is -2.06. The van der Waals surface area contributed by atoms with E-state index in [2.05, 4.69) is 79.5 Å². The summed E-state index contributed by atoms with van der Waals surface area (Å²) in [6, 6.07) is 10.9. The molecule has 5 aliphatic rings. The van der Waals surface area contributed by atoms with Gasteiger partial charge in [-0.25, -0.2) is 4.79 Å². The fourth-order valence-electron chi connectivity index (χ4n) is 9.03. The minimum Gasteiger partial charge on any atom is -0.366 e. The fraction of sp³-hybridized carbons (Fsp3) is 0.708. The van der Waals surface area contributed by atoms with Crippen molar-refractivity contribution in [2.45, 2.75) is 83.5 Å². The third kappa shape index (κ3) is 2.82. The molecule has 1 aromatic carbocycles. The number of benzene rings is 1. The van der Waals surface area contributed by atoms with Crippen molar-refractivity contribution in [2.24, 2.45) is 23.2 Å². The molecule has 0 aromatic heterocycles. The first-order chi connectivity index (χ1) is 14.0. The summed E-state index contributed by atoms with van der Waals surface area (Å²) < 4.78 is 0. The highest BCUT2D eigenvalue weighted by molar-refractivity contribution is 7.69. The Morgan fingerprint density at radius 3 is 1.77 bits per heavy atom. The molecule has 2 amide bonds. The molecule has 6 heteroatoms. The minimum absolute atomic E-state index is 0.235. The van der Waals surface area contributed by atoms with Crippen molar-refractivity contribution in [3.05, 3.63) is 30.3 Å². The van der Waals surface area contributed by atoms with Crippen LogP contribution in [-0.4, -0.2) is 34.1 Å². The van der Waals surface area contributed by atoms with Gasteiger partial charge in [0.1, 0.15) is 0 Å². The summed E-state index contributed by atoms with van der Waals surface area (Å²) in [5, 5.41) is 0. The Labute approximate surface area is 185 Å². The largest absolute Gasteiger partial charge is 0.366 e. The number of nitrogens with one attached hydrogen (secondary N) is 1. The molecule has 1 saturated heterocycles. The molecular formula is C24H40N2OSi3. The van der Waals surface area contributed by atoms with Gasteiger partial charge >= 0.3 is 6.03 Å². The number of nitrogens with zero attached hydrogens (tertiary/aromatic N) is 1. The van der Waals surface area contributed by atoms with Crippen molar-refractivity contribution in [3.63, 3.8) is 0 Å². The maximum absolute atomic E-state index is 13.9. The van der Waals surface area contributed by atoms with E-state index < -0.39 is 22.5 Å². The molecule has 4 saturated carbocycles. The predicted molar refractivity (Wildman–Crippen MR) is 134 cm³/mol. The van der Waals surface area contributed by atoms with Crippen LogP contribution in [0.5, 0.6) is 0 Å². The second-order valence-electron chi connectivity index (χ2n) is 13.1. The monoisotopic (exact) mass is 456 g/mol. The normalized spacial score (nSPS) is 37.5. The maximum atomic E-state index is 13.9. The molecule has 6 rings (SSSR count). The van der Waals surface area contributed by atoms with Gasteiger partial charge in [-0.1, -0.05) is 57.5 Å². The van der Waals surface area contributed by atoms with Crippen LogP contribution in [0.2, 0.25) is 39.3 Å².